The summed E-state index contributed by atoms with van der Waals surface area (Å²) in [6, 6.07) is 5.20. The van der Waals surface area contributed by atoms with E-state index in [9.17, 15) is 4.79 Å². The largest absolute Gasteiger partial charge is 0.288 e. The molecule has 0 aliphatic rings. The average molecular weight is 345 g/mol. The highest BCUT2D eigenvalue weighted by Gasteiger charge is 2.10. The third kappa shape index (κ3) is 2.38. The van der Waals surface area contributed by atoms with Gasteiger partial charge in [-0.25, -0.2) is 9.97 Å². The van der Waals surface area contributed by atoms with Crippen molar-refractivity contribution in [1.82, 2.24) is 9.97 Å². The summed E-state index contributed by atoms with van der Waals surface area (Å²) in [6.07, 6.45) is 4.36. The summed E-state index contributed by atoms with van der Waals surface area (Å²) in [5.74, 6) is -0.126. The van der Waals surface area contributed by atoms with Gasteiger partial charge in [0.1, 0.15) is 6.33 Å². The van der Waals surface area contributed by atoms with Gasteiger partial charge in [0, 0.05) is 21.5 Å². The Morgan fingerprint density at radius 1 is 1.19 bits per heavy atom. The SMILES string of the molecule is O=C(c1cncnc1)c1ccc(I)c(Cl)c1. The van der Waals surface area contributed by atoms with Gasteiger partial charge in [-0.3, -0.25) is 4.79 Å². The number of carbonyl (C=O) groups is 1. The standard InChI is InChI=1S/C11H6ClIN2O/c12-9-3-7(1-2-10(9)13)11(16)8-4-14-6-15-5-8/h1-6H. The fourth-order valence-corrected chi connectivity index (χ4v) is 1.74. The Hall–Kier alpha value is -1.01. The summed E-state index contributed by atoms with van der Waals surface area (Å²) < 4.78 is 0.917. The highest BCUT2D eigenvalue weighted by Crippen LogP contribution is 2.20. The van der Waals surface area contributed by atoms with E-state index < -0.39 is 0 Å². The lowest BCUT2D eigenvalue weighted by atomic mass is 10.1. The molecule has 1 heterocycles. The van der Waals surface area contributed by atoms with Gasteiger partial charge in [0.2, 0.25) is 0 Å². The smallest absolute Gasteiger partial charge is 0.196 e. The first kappa shape index (κ1) is 11.5. The number of halogens is 2. The van der Waals surface area contributed by atoms with Crippen LogP contribution in [0.1, 0.15) is 15.9 Å². The van der Waals surface area contributed by atoms with Crippen molar-refractivity contribution in [3.8, 4) is 0 Å². The molecule has 1 aromatic heterocycles. The highest BCUT2D eigenvalue weighted by atomic mass is 127. The minimum atomic E-state index is -0.126. The molecule has 0 radical (unpaired) electrons. The van der Waals surface area contributed by atoms with E-state index in [0.29, 0.717) is 16.1 Å². The summed E-state index contributed by atoms with van der Waals surface area (Å²) >= 11 is 8.07. The second-order valence-electron chi connectivity index (χ2n) is 3.09. The number of aromatic nitrogens is 2. The van der Waals surface area contributed by atoms with Crippen molar-refractivity contribution in [3.63, 3.8) is 0 Å². The normalized spacial score (nSPS) is 10.1. The lowest BCUT2D eigenvalue weighted by molar-refractivity contribution is 0.103. The van der Waals surface area contributed by atoms with Crippen LogP contribution in [0.25, 0.3) is 0 Å². The van der Waals surface area contributed by atoms with Gasteiger partial charge in [-0.1, -0.05) is 11.6 Å². The molecule has 0 fully saturated rings. The van der Waals surface area contributed by atoms with Crippen LogP contribution in [0.2, 0.25) is 5.02 Å². The maximum atomic E-state index is 12.0. The Kier molecular flexibility index (Phi) is 3.50. The molecule has 3 nitrogen and oxygen atoms in total. The Balaban J connectivity index is 2.39. The van der Waals surface area contributed by atoms with Crippen LogP contribution in [0.3, 0.4) is 0 Å². The Labute approximate surface area is 111 Å². The Morgan fingerprint density at radius 3 is 2.50 bits per heavy atom. The van der Waals surface area contributed by atoms with Crippen molar-refractivity contribution in [2.75, 3.05) is 0 Å². The molecule has 0 saturated carbocycles. The zero-order valence-electron chi connectivity index (χ0n) is 8.02. The van der Waals surface area contributed by atoms with Crippen molar-refractivity contribution in [1.29, 1.82) is 0 Å². The minimum absolute atomic E-state index is 0.126. The molecular weight excluding hydrogens is 338 g/mol. The summed E-state index contributed by atoms with van der Waals surface area (Å²) in [6.45, 7) is 0. The van der Waals surface area contributed by atoms with Crippen molar-refractivity contribution in [2.24, 2.45) is 0 Å². The zero-order valence-corrected chi connectivity index (χ0v) is 10.9. The van der Waals surface area contributed by atoms with Crippen molar-refractivity contribution >= 4 is 40.0 Å². The lowest BCUT2D eigenvalue weighted by Crippen LogP contribution is -2.02. The van der Waals surface area contributed by atoms with Gasteiger partial charge in [-0.15, -0.1) is 0 Å². The molecule has 0 aliphatic carbocycles. The van der Waals surface area contributed by atoms with E-state index in [1.807, 2.05) is 0 Å². The molecule has 0 aliphatic heterocycles. The van der Waals surface area contributed by atoms with Crippen LogP contribution in [0.5, 0.6) is 0 Å². The monoisotopic (exact) mass is 344 g/mol. The molecule has 2 rings (SSSR count). The van der Waals surface area contributed by atoms with Gasteiger partial charge >= 0.3 is 0 Å². The van der Waals surface area contributed by atoms with Gasteiger partial charge < -0.3 is 0 Å². The van der Waals surface area contributed by atoms with E-state index in [2.05, 4.69) is 32.6 Å². The average Bonchev–Trinajstić information content (AvgIpc) is 2.33. The first-order valence-corrected chi connectivity index (χ1v) is 5.89. The number of benzene rings is 1. The van der Waals surface area contributed by atoms with E-state index in [0.717, 1.165) is 3.57 Å². The molecular formula is C11H6ClIN2O. The molecule has 1 aromatic carbocycles. The van der Waals surface area contributed by atoms with Crippen molar-refractivity contribution in [2.45, 2.75) is 0 Å². The Bertz CT molecular complexity index is 531. The van der Waals surface area contributed by atoms with E-state index in [4.69, 9.17) is 11.6 Å². The molecule has 80 valence electrons. The number of rotatable bonds is 2. The predicted molar refractivity (Wildman–Crippen MR) is 69.6 cm³/mol. The summed E-state index contributed by atoms with van der Waals surface area (Å²) in [4.78, 5) is 19.6. The van der Waals surface area contributed by atoms with Crippen LogP contribution in [-0.4, -0.2) is 15.8 Å². The molecule has 5 heteroatoms. The van der Waals surface area contributed by atoms with E-state index in [1.54, 1.807) is 18.2 Å². The quantitative estimate of drug-likeness (QED) is 0.621. The van der Waals surface area contributed by atoms with Gasteiger partial charge in [0.15, 0.2) is 5.78 Å². The third-order valence-corrected chi connectivity index (χ3v) is 3.58. The van der Waals surface area contributed by atoms with Gasteiger partial charge in [-0.2, -0.15) is 0 Å². The van der Waals surface area contributed by atoms with Crippen LogP contribution in [0.15, 0.2) is 36.9 Å². The molecule has 0 bridgehead atoms. The second-order valence-corrected chi connectivity index (χ2v) is 4.65. The molecule has 16 heavy (non-hydrogen) atoms. The zero-order chi connectivity index (χ0) is 11.5. The van der Waals surface area contributed by atoms with Crippen molar-refractivity contribution < 1.29 is 4.79 Å². The lowest BCUT2D eigenvalue weighted by Gasteiger charge is -2.01. The molecule has 0 unspecified atom stereocenters. The number of nitrogens with zero attached hydrogens (tertiary/aromatic N) is 2. The molecule has 0 saturated heterocycles. The van der Waals surface area contributed by atoms with Crippen LogP contribution < -0.4 is 0 Å². The first-order chi connectivity index (χ1) is 7.68. The molecule has 0 N–H and O–H groups in total. The Morgan fingerprint density at radius 2 is 1.88 bits per heavy atom. The maximum Gasteiger partial charge on any atom is 0.196 e. The summed E-state index contributed by atoms with van der Waals surface area (Å²) in [7, 11) is 0. The molecule has 0 atom stereocenters. The van der Waals surface area contributed by atoms with E-state index in [-0.39, 0.29) is 5.78 Å². The number of carbonyl (C=O) groups excluding carboxylic acids is 1. The second kappa shape index (κ2) is 4.88. The summed E-state index contributed by atoms with van der Waals surface area (Å²) in [5.41, 5.74) is 1.000. The van der Waals surface area contributed by atoms with Gasteiger partial charge in [0.25, 0.3) is 0 Å². The summed E-state index contributed by atoms with van der Waals surface area (Å²) in [5, 5.41) is 0.572. The fourth-order valence-electron chi connectivity index (χ4n) is 1.22. The number of hydrogen-bond acceptors (Lipinski definition) is 3. The number of hydrogen-bond donors (Lipinski definition) is 0. The van der Waals surface area contributed by atoms with E-state index in [1.165, 1.54) is 18.7 Å². The molecule has 0 amide bonds. The topological polar surface area (TPSA) is 42.9 Å². The van der Waals surface area contributed by atoms with Crippen molar-refractivity contribution in [3.05, 3.63) is 56.6 Å². The van der Waals surface area contributed by atoms with Gasteiger partial charge in [0.05, 0.1) is 10.6 Å². The van der Waals surface area contributed by atoms with Crippen LogP contribution in [-0.2, 0) is 0 Å². The van der Waals surface area contributed by atoms with Crippen LogP contribution >= 0.6 is 34.2 Å². The van der Waals surface area contributed by atoms with Crippen LogP contribution in [0.4, 0.5) is 0 Å². The molecule has 2 aromatic rings. The van der Waals surface area contributed by atoms with Gasteiger partial charge in [-0.05, 0) is 40.8 Å². The molecule has 0 spiro atoms. The van der Waals surface area contributed by atoms with Crippen LogP contribution in [0, 0.1) is 3.57 Å². The maximum absolute atomic E-state index is 12.0. The predicted octanol–water partition coefficient (Wildman–Crippen LogP) is 2.97. The third-order valence-electron chi connectivity index (χ3n) is 2.00. The highest BCUT2D eigenvalue weighted by molar-refractivity contribution is 14.1. The first-order valence-electron chi connectivity index (χ1n) is 4.43. The minimum Gasteiger partial charge on any atom is -0.288 e. The van der Waals surface area contributed by atoms with E-state index >= 15 is 0 Å². The fraction of sp³-hybridized carbons (Fsp3) is 0. The number of ketones is 1.